The minimum Gasteiger partial charge on any atom is -0.350 e. The van der Waals surface area contributed by atoms with Gasteiger partial charge < -0.3 is 5.32 Å². The van der Waals surface area contributed by atoms with Crippen LogP contribution in [-0.2, 0) is 0 Å². The van der Waals surface area contributed by atoms with E-state index in [1.807, 2.05) is 55.5 Å². The highest BCUT2D eigenvalue weighted by Crippen LogP contribution is 2.20. The minimum absolute atomic E-state index is 0.0836. The Morgan fingerprint density at radius 3 is 2.60 bits per heavy atom. The molecule has 0 saturated heterocycles. The third kappa shape index (κ3) is 3.73. The van der Waals surface area contributed by atoms with E-state index in [1.54, 1.807) is 0 Å². The van der Waals surface area contributed by atoms with E-state index in [0.29, 0.717) is 12.1 Å². The van der Waals surface area contributed by atoms with Crippen molar-refractivity contribution < 1.29 is 4.79 Å². The Morgan fingerprint density at radius 2 is 1.90 bits per heavy atom. The molecule has 0 aliphatic carbocycles. The van der Waals surface area contributed by atoms with Crippen molar-refractivity contribution >= 4 is 40.1 Å². The SMILES string of the molecule is Cc1cccc(C(=O)NCC(Cl)c2ccccc2)c1I. The standard InChI is InChI=1S/C16H15ClINO/c1-11-6-5-9-13(15(11)18)16(20)19-10-14(17)12-7-3-2-4-8-12/h2-9,14H,10H2,1H3,(H,19,20). The maximum Gasteiger partial charge on any atom is 0.252 e. The van der Waals surface area contributed by atoms with E-state index in [9.17, 15) is 4.79 Å². The summed E-state index contributed by atoms with van der Waals surface area (Å²) in [6.07, 6.45) is 0. The van der Waals surface area contributed by atoms with Crippen LogP contribution in [0.4, 0.5) is 0 Å². The van der Waals surface area contributed by atoms with Gasteiger partial charge in [0.25, 0.3) is 5.91 Å². The van der Waals surface area contributed by atoms with Crippen LogP contribution in [0.3, 0.4) is 0 Å². The molecule has 1 amide bonds. The Bertz CT molecular complexity index is 601. The molecule has 0 fully saturated rings. The monoisotopic (exact) mass is 399 g/mol. The van der Waals surface area contributed by atoms with Gasteiger partial charge >= 0.3 is 0 Å². The Labute approximate surface area is 137 Å². The average Bonchev–Trinajstić information content (AvgIpc) is 2.48. The molecule has 0 aliphatic heterocycles. The topological polar surface area (TPSA) is 29.1 Å². The summed E-state index contributed by atoms with van der Waals surface area (Å²) in [5.74, 6) is -0.0836. The van der Waals surface area contributed by atoms with Crippen LogP contribution < -0.4 is 5.32 Å². The lowest BCUT2D eigenvalue weighted by molar-refractivity contribution is 0.0952. The van der Waals surface area contributed by atoms with Gasteiger partial charge in [0.15, 0.2) is 0 Å². The molecule has 0 aliphatic rings. The molecule has 2 nitrogen and oxygen atoms in total. The fraction of sp³-hybridized carbons (Fsp3) is 0.188. The van der Waals surface area contributed by atoms with Crippen LogP contribution in [0.1, 0.15) is 26.9 Å². The van der Waals surface area contributed by atoms with Crippen molar-refractivity contribution in [1.82, 2.24) is 5.32 Å². The van der Waals surface area contributed by atoms with Crippen molar-refractivity contribution in [2.45, 2.75) is 12.3 Å². The molecule has 1 atom stereocenters. The number of carbonyl (C=O) groups is 1. The average molecular weight is 400 g/mol. The van der Waals surface area contributed by atoms with Crippen molar-refractivity contribution in [3.8, 4) is 0 Å². The maximum absolute atomic E-state index is 12.2. The lowest BCUT2D eigenvalue weighted by atomic mass is 10.1. The molecule has 0 aromatic heterocycles. The van der Waals surface area contributed by atoms with Gasteiger partial charge in [-0.15, -0.1) is 11.6 Å². The molecule has 1 unspecified atom stereocenters. The van der Waals surface area contributed by atoms with Crippen molar-refractivity contribution in [2.24, 2.45) is 0 Å². The molecule has 0 heterocycles. The molecule has 1 N–H and O–H groups in total. The Balaban J connectivity index is 2.01. The molecule has 20 heavy (non-hydrogen) atoms. The quantitative estimate of drug-likeness (QED) is 0.602. The zero-order valence-corrected chi connectivity index (χ0v) is 14.0. The predicted octanol–water partition coefficient (Wildman–Crippen LogP) is 4.31. The van der Waals surface area contributed by atoms with Crippen molar-refractivity contribution in [3.63, 3.8) is 0 Å². The summed E-state index contributed by atoms with van der Waals surface area (Å²) in [5, 5.41) is 2.67. The molecule has 0 radical (unpaired) electrons. The zero-order chi connectivity index (χ0) is 14.5. The number of nitrogens with one attached hydrogen (secondary N) is 1. The highest BCUT2D eigenvalue weighted by atomic mass is 127. The highest BCUT2D eigenvalue weighted by molar-refractivity contribution is 14.1. The zero-order valence-electron chi connectivity index (χ0n) is 11.1. The van der Waals surface area contributed by atoms with Gasteiger partial charge in [0.05, 0.1) is 10.9 Å². The molecular weight excluding hydrogens is 385 g/mol. The van der Waals surface area contributed by atoms with Gasteiger partial charge in [0.2, 0.25) is 0 Å². The van der Waals surface area contributed by atoms with E-state index in [0.717, 1.165) is 14.7 Å². The van der Waals surface area contributed by atoms with E-state index in [-0.39, 0.29) is 11.3 Å². The predicted molar refractivity (Wildman–Crippen MR) is 91.3 cm³/mol. The first-order chi connectivity index (χ1) is 9.59. The second-order valence-electron chi connectivity index (χ2n) is 4.52. The summed E-state index contributed by atoms with van der Waals surface area (Å²) in [6.45, 7) is 2.40. The summed E-state index contributed by atoms with van der Waals surface area (Å²) in [5.41, 5.74) is 2.81. The van der Waals surface area contributed by atoms with E-state index < -0.39 is 0 Å². The van der Waals surface area contributed by atoms with Crippen LogP contribution >= 0.6 is 34.2 Å². The van der Waals surface area contributed by atoms with Crippen LogP contribution in [0, 0.1) is 10.5 Å². The number of alkyl halides is 1. The first-order valence-corrected chi connectivity index (χ1v) is 7.83. The van der Waals surface area contributed by atoms with Crippen LogP contribution in [0.5, 0.6) is 0 Å². The summed E-state index contributed by atoms with van der Waals surface area (Å²) < 4.78 is 0.980. The summed E-state index contributed by atoms with van der Waals surface area (Å²) in [7, 11) is 0. The first kappa shape index (κ1) is 15.3. The highest BCUT2D eigenvalue weighted by Gasteiger charge is 2.13. The Hall–Kier alpha value is -1.07. The smallest absolute Gasteiger partial charge is 0.252 e. The Morgan fingerprint density at radius 1 is 1.20 bits per heavy atom. The normalized spacial score (nSPS) is 11.9. The number of rotatable bonds is 4. The number of carbonyl (C=O) groups excluding carboxylic acids is 1. The molecule has 104 valence electrons. The van der Waals surface area contributed by atoms with E-state index in [4.69, 9.17) is 11.6 Å². The lowest BCUT2D eigenvalue weighted by Crippen LogP contribution is -2.27. The van der Waals surface area contributed by atoms with Crippen LogP contribution in [0.15, 0.2) is 48.5 Å². The third-order valence-electron chi connectivity index (χ3n) is 3.04. The Kier molecular flexibility index (Phi) is 5.43. The van der Waals surface area contributed by atoms with Gasteiger partial charge in [-0.25, -0.2) is 0 Å². The molecular formula is C16H15ClINO. The number of benzene rings is 2. The molecule has 2 aromatic rings. The first-order valence-electron chi connectivity index (χ1n) is 6.32. The number of hydrogen-bond donors (Lipinski definition) is 1. The van der Waals surface area contributed by atoms with Crippen LogP contribution in [0.2, 0.25) is 0 Å². The van der Waals surface area contributed by atoms with Gasteiger partial charge in [-0.2, -0.15) is 0 Å². The van der Waals surface area contributed by atoms with Crippen molar-refractivity contribution in [3.05, 3.63) is 68.8 Å². The molecule has 0 saturated carbocycles. The molecule has 2 rings (SSSR count). The number of amides is 1. The van der Waals surface area contributed by atoms with E-state index >= 15 is 0 Å². The van der Waals surface area contributed by atoms with Crippen molar-refractivity contribution in [1.29, 1.82) is 0 Å². The molecule has 2 aromatic carbocycles. The summed E-state index contributed by atoms with van der Waals surface area (Å²) in [6, 6.07) is 15.5. The molecule has 0 bridgehead atoms. The largest absolute Gasteiger partial charge is 0.350 e. The number of hydrogen-bond acceptors (Lipinski definition) is 1. The van der Waals surface area contributed by atoms with Gasteiger partial charge in [-0.05, 0) is 46.7 Å². The van der Waals surface area contributed by atoms with E-state index in [2.05, 4.69) is 27.9 Å². The lowest BCUT2D eigenvalue weighted by Gasteiger charge is -2.12. The van der Waals surface area contributed by atoms with Gasteiger partial charge in [-0.3, -0.25) is 4.79 Å². The fourth-order valence-corrected chi connectivity index (χ4v) is 2.71. The van der Waals surface area contributed by atoms with Gasteiger partial charge in [-0.1, -0.05) is 42.5 Å². The molecule has 4 heteroatoms. The van der Waals surface area contributed by atoms with Crippen LogP contribution in [-0.4, -0.2) is 12.5 Å². The maximum atomic E-state index is 12.2. The van der Waals surface area contributed by atoms with Crippen LogP contribution in [0.25, 0.3) is 0 Å². The minimum atomic E-state index is -0.220. The van der Waals surface area contributed by atoms with E-state index in [1.165, 1.54) is 0 Å². The van der Waals surface area contributed by atoms with Gasteiger partial charge in [0, 0.05) is 10.1 Å². The second kappa shape index (κ2) is 7.09. The summed E-state index contributed by atoms with van der Waals surface area (Å²) in [4.78, 5) is 12.2. The van der Waals surface area contributed by atoms with Crippen molar-refractivity contribution in [2.75, 3.05) is 6.54 Å². The fourth-order valence-electron chi connectivity index (χ4n) is 1.88. The second-order valence-corrected chi connectivity index (χ2v) is 6.13. The molecule has 0 spiro atoms. The third-order valence-corrected chi connectivity index (χ3v) is 4.88. The number of halogens is 2. The van der Waals surface area contributed by atoms with Gasteiger partial charge in [0.1, 0.15) is 0 Å². The number of aryl methyl sites for hydroxylation is 1. The summed E-state index contributed by atoms with van der Waals surface area (Å²) >= 11 is 8.49.